The van der Waals surface area contributed by atoms with Gasteiger partial charge in [0.05, 0.1) is 17.0 Å². The first kappa shape index (κ1) is 42.3. The number of fused-ring (bicyclic) bond motifs is 1. The number of unbranched alkanes of at least 4 members (excludes halogenated alkanes) is 3. The van der Waals surface area contributed by atoms with Gasteiger partial charge in [0.2, 0.25) is 6.29 Å². The summed E-state index contributed by atoms with van der Waals surface area (Å²) in [7, 11) is 0. The number of nitrogens with zero attached hydrogens (tertiary/aromatic N) is 5. The number of alkyl halides is 2. The van der Waals surface area contributed by atoms with Crippen LogP contribution in [0.3, 0.4) is 0 Å². The van der Waals surface area contributed by atoms with Crippen molar-refractivity contribution in [3.8, 4) is 0 Å². The number of nitrogens with one attached hydrogen (secondary N) is 1. The molecule has 57 heavy (non-hydrogen) atoms. The molecule has 0 aliphatic carbocycles. The van der Waals surface area contributed by atoms with Crippen molar-refractivity contribution in [2.24, 2.45) is 5.92 Å². The van der Waals surface area contributed by atoms with Crippen molar-refractivity contribution >= 4 is 22.9 Å². The van der Waals surface area contributed by atoms with E-state index in [2.05, 4.69) is 34.0 Å². The number of halogens is 3. The van der Waals surface area contributed by atoms with Crippen molar-refractivity contribution in [3.63, 3.8) is 0 Å². The van der Waals surface area contributed by atoms with Crippen LogP contribution in [0.15, 0.2) is 47.9 Å². The molecule has 0 radical (unpaired) electrons. The second kappa shape index (κ2) is 18.1. The molecule has 3 aliphatic rings. The van der Waals surface area contributed by atoms with Gasteiger partial charge in [-0.1, -0.05) is 31.0 Å². The van der Waals surface area contributed by atoms with E-state index >= 15 is 13.2 Å². The number of amides is 1. The number of benzene rings is 1. The third-order valence-electron chi connectivity index (χ3n) is 11.6. The lowest BCUT2D eigenvalue weighted by atomic mass is 9.85. The molecular formula is C43H59F3N6O5. The van der Waals surface area contributed by atoms with Crippen molar-refractivity contribution in [1.82, 2.24) is 24.3 Å². The number of carbonyl (C=O) groups excluding carboxylic acids is 1. The van der Waals surface area contributed by atoms with Crippen LogP contribution in [-0.4, -0.2) is 74.5 Å². The highest BCUT2D eigenvalue weighted by Gasteiger charge is 2.46. The molecule has 6 rings (SSSR count). The number of piperidine rings is 2. The van der Waals surface area contributed by atoms with Gasteiger partial charge in [-0.15, -0.1) is 0 Å². The third-order valence-corrected chi connectivity index (χ3v) is 11.6. The van der Waals surface area contributed by atoms with E-state index in [4.69, 9.17) is 14.2 Å². The number of anilines is 1. The van der Waals surface area contributed by atoms with Gasteiger partial charge in [0.1, 0.15) is 41.7 Å². The van der Waals surface area contributed by atoms with Gasteiger partial charge in [0, 0.05) is 49.1 Å². The van der Waals surface area contributed by atoms with E-state index in [9.17, 15) is 9.59 Å². The van der Waals surface area contributed by atoms with Crippen molar-refractivity contribution < 1.29 is 32.2 Å². The third kappa shape index (κ3) is 10.0. The Hall–Kier alpha value is -4.33. The highest BCUT2D eigenvalue weighted by molar-refractivity contribution is 5.87. The molecule has 0 saturated carbocycles. The number of aryl methyl sites for hydroxylation is 1. The van der Waals surface area contributed by atoms with Crippen molar-refractivity contribution in [3.05, 3.63) is 76.0 Å². The Bertz CT molecular complexity index is 1920. The monoisotopic (exact) mass is 796 g/mol. The molecule has 3 aliphatic heterocycles. The zero-order valence-corrected chi connectivity index (χ0v) is 34.2. The van der Waals surface area contributed by atoms with E-state index < -0.39 is 41.0 Å². The summed E-state index contributed by atoms with van der Waals surface area (Å²) in [4.78, 5) is 39.8. The molecule has 14 heteroatoms. The summed E-state index contributed by atoms with van der Waals surface area (Å²) in [6.45, 7) is 13.8. The summed E-state index contributed by atoms with van der Waals surface area (Å²) in [6.07, 6.45) is 9.79. The molecule has 3 aromatic rings. The predicted molar refractivity (Wildman–Crippen MR) is 214 cm³/mol. The molecule has 2 aromatic heterocycles. The summed E-state index contributed by atoms with van der Waals surface area (Å²) in [6, 6.07) is 5.66. The van der Waals surface area contributed by atoms with Crippen LogP contribution in [0, 0.1) is 11.7 Å². The molecular weight excluding hydrogens is 738 g/mol. The van der Waals surface area contributed by atoms with Gasteiger partial charge in [-0.05, 0) is 105 Å². The lowest BCUT2D eigenvalue weighted by molar-refractivity contribution is -0.0885. The fourth-order valence-electron chi connectivity index (χ4n) is 8.28. The van der Waals surface area contributed by atoms with Gasteiger partial charge >= 0.3 is 6.09 Å². The number of likely N-dealkylation sites (tertiary alicyclic amines) is 2. The normalized spacial score (nSPS) is 18.2. The maximum absolute atomic E-state index is 16.3. The van der Waals surface area contributed by atoms with Crippen molar-refractivity contribution in [1.29, 1.82) is 0 Å². The van der Waals surface area contributed by atoms with E-state index in [-0.39, 0.29) is 49.3 Å². The molecule has 0 spiro atoms. The second-order valence-electron chi connectivity index (χ2n) is 17.0. The molecule has 1 N–H and O–H groups in total. The van der Waals surface area contributed by atoms with Gasteiger partial charge in [-0.25, -0.2) is 27.9 Å². The van der Waals surface area contributed by atoms with Crippen LogP contribution in [0.4, 0.5) is 23.8 Å². The Morgan fingerprint density at radius 2 is 1.65 bits per heavy atom. The molecule has 2 saturated heterocycles. The molecule has 0 unspecified atom stereocenters. The topological polar surface area (TPSA) is 111 Å². The minimum Gasteiger partial charge on any atom is -0.459 e. The van der Waals surface area contributed by atoms with E-state index in [1.807, 2.05) is 6.07 Å². The smallest absolute Gasteiger partial charge is 0.410 e. The first-order valence-electron chi connectivity index (χ1n) is 20.6. The first-order chi connectivity index (χ1) is 27.1. The Kier molecular flexibility index (Phi) is 13.4. The average Bonchev–Trinajstić information content (AvgIpc) is 3.70. The molecule has 1 atom stereocenters. The standard InChI is InChI=1S/C43H59F3N6O5/c1-28(2)50-20-15-30(16-21-50)33-26-34-38(47-27-48-39(34)52(40(33)53)19-10-8-7-9-14-36-55-24-25-56-36)49-29(3)32-12-11-13-35(37(32)44)43(45,46)31-17-22-51(23-18-31)41(54)57-42(4,5)6/h11-13,24-31,36H,7-10,14-23H2,1-6H3,(H,47,48,49)/t29-/m1/s1. The quantitative estimate of drug-likeness (QED) is 0.160. The number of hydrogen-bond acceptors (Lipinski definition) is 9. The maximum atomic E-state index is 16.3. The lowest BCUT2D eigenvalue weighted by Crippen LogP contribution is -2.44. The summed E-state index contributed by atoms with van der Waals surface area (Å²) in [5, 5.41) is 3.93. The van der Waals surface area contributed by atoms with Crippen LogP contribution >= 0.6 is 0 Å². The molecule has 1 aromatic carbocycles. The molecule has 312 valence electrons. The zero-order valence-electron chi connectivity index (χ0n) is 34.2. The van der Waals surface area contributed by atoms with Crippen LogP contribution in [0.25, 0.3) is 11.0 Å². The molecule has 11 nitrogen and oxygen atoms in total. The van der Waals surface area contributed by atoms with Crippen LogP contribution in [-0.2, 0) is 26.7 Å². The van der Waals surface area contributed by atoms with Gasteiger partial charge in [-0.2, -0.15) is 0 Å². The minimum atomic E-state index is -3.47. The van der Waals surface area contributed by atoms with Crippen molar-refractivity contribution in [2.75, 3.05) is 31.5 Å². The van der Waals surface area contributed by atoms with E-state index in [1.165, 1.54) is 23.4 Å². The maximum Gasteiger partial charge on any atom is 0.410 e. The van der Waals surface area contributed by atoms with Gasteiger partial charge in [0.15, 0.2) is 0 Å². The largest absolute Gasteiger partial charge is 0.459 e. The summed E-state index contributed by atoms with van der Waals surface area (Å²) >= 11 is 0. The molecule has 0 bridgehead atoms. The molecule has 1 amide bonds. The fraction of sp³-hybridized carbons (Fsp3) is 0.628. The number of aromatic nitrogens is 3. The Labute approximate surface area is 334 Å². The Morgan fingerprint density at radius 1 is 0.965 bits per heavy atom. The highest BCUT2D eigenvalue weighted by Crippen LogP contribution is 2.44. The Morgan fingerprint density at radius 3 is 2.32 bits per heavy atom. The number of carbonyl (C=O) groups is 1. The Balaban J connectivity index is 1.22. The second-order valence-corrected chi connectivity index (χ2v) is 17.0. The van der Waals surface area contributed by atoms with E-state index in [0.29, 0.717) is 35.0 Å². The van der Waals surface area contributed by atoms with Crippen LogP contribution in [0.5, 0.6) is 0 Å². The first-order valence-corrected chi connectivity index (χ1v) is 20.6. The van der Waals surface area contributed by atoms with Crippen LogP contribution in [0.1, 0.15) is 128 Å². The minimum absolute atomic E-state index is 0.0132. The van der Waals surface area contributed by atoms with E-state index in [1.54, 1.807) is 44.8 Å². The summed E-state index contributed by atoms with van der Waals surface area (Å²) in [5.41, 5.74) is -0.155. The summed E-state index contributed by atoms with van der Waals surface area (Å²) in [5.74, 6) is -5.14. The zero-order chi connectivity index (χ0) is 40.9. The van der Waals surface area contributed by atoms with Crippen molar-refractivity contribution in [2.45, 2.75) is 142 Å². The summed E-state index contributed by atoms with van der Waals surface area (Å²) < 4.78 is 66.5. The van der Waals surface area contributed by atoms with Gasteiger partial charge in [0.25, 0.3) is 11.5 Å². The number of pyridine rings is 1. The number of rotatable bonds is 14. The highest BCUT2D eigenvalue weighted by atomic mass is 19.3. The fourth-order valence-corrected chi connectivity index (χ4v) is 8.28. The predicted octanol–water partition coefficient (Wildman–Crippen LogP) is 9.23. The van der Waals surface area contributed by atoms with Crippen LogP contribution in [0.2, 0.25) is 0 Å². The lowest BCUT2D eigenvalue weighted by Gasteiger charge is -2.37. The average molecular weight is 797 g/mol. The van der Waals surface area contributed by atoms with Gasteiger partial charge in [-0.3, -0.25) is 9.36 Å². The van der Waals surface area contributed by atoms with Crippen LogP contribution < -0.4 is 10.9 Å². The number of ether oxygens (including phenoxy) is 3. The SMILES string of the molecule is CC(C)N1CCC(c2cc3c(N[C@H](C)c4cccc(C(F)(F)C5CCN(C(=O)OC(C)(C)C)CC5)c4F)ncnc3n(CCCCCCC3OC=CO3)c2=O)CC1. The molecule has 5 heterocycles. The number of hydrogen-bond donors (Lipinski definition) is 1. The van der Waals surface area contributed by atoms with E-state index in [0.717, 1.165) is 64.1 Å². The van der Waals surface area contributed by atoms with Gasteiger partial charge < -0.3 is 29.3 Å². The molecule has 2 fully saturated rings.